The number of halogens is 1. The number of hydrogen-bond acceptors (Lipinski definition) is 3. The van der Waals surface area contributed by atoms with E-state index in [9.17, 15) is 4.79 Å². The van der Waals surface area contributed by atoms with Crippen LogP contribution in [0.15, 0.2) is 24.3 Å². The molecular formula is C13H19ClN2O2. The lowest BCUT2D eigenvalue weighted by molar-refractivity contribution is 0.0582. The molecule has 18 heavy (non-hydrogen) atoms. The minimum absolute atomic E-state index is 0. The highest BCUT2D eigenvalue weighted by molar-refractivity contribution is 5.91. The Morgan fingerprint density at radius 2 is 2.00 bits per heavy atom. The molecule has 0 bridgehead atoms. The molecule has 1 heterocycles. The minimum Gasteiger partial charge on any atom is -0.443 e. The van der Waals surface area contributed by atoms with Crippen LogP contribution in [0.3, 0.4) is 0 Å². The summed E-state index contributed by atoms with van der Waals surface area (Å²) in [5.41, 5.74) is 7.36. The van der Waals surface area contributed by atoms with E-state index in [1.165, 1.54) is 0 Å². The molecule has 1 aliphatic rings. The maximum Gasteiger partial charge on any atom is 0.414 e. The molecule has 1 unspecified atom stereocenters. The van der Waals surface area contributed by atoms with Crippen molar-refractivity contribution in [2.75, 3.05) is 11.4 Å². The summed E-state index contributed by atoms with van der Waals surface area (Å²) in [6.45, 7) is 6.04. The lowest BCUT2D eigenvalue weighted by Crippen LogP contribution is -2.36. The van der Waals surface area contributed by atoms with Crippen molar-refractivity contribution in [2.24, 2.45) is 5.73 Å². The van der Waals surface area contributed by atoms with Crippen molar-refractivity contribution in [3.63, 3.8) is 0 Å². The molecule has 0 radical (unpaired) electrons. The van der Waals surface area contributed by atoms with Crippen LogP contribution in [0.2, 0.25) is 0 Å². The van der Waals surface area contributed by atoms with Crippen molar-refractivity contribution in [1.29, 1.82) is 0 Å². The van der Waals surface area contributed by atoms with Crippen LogP contribution in [0.25, 0.3) is 0 Å². The number of carbonyl (C=O) groups excluding carboxylic acids is 1. The van der Waals surface area contributed by atoms with E-state index in [1.807, 2.05) is 45.0 Å². The standard InChI is InChI=1S/C13H18N2O2.ClH/c1-13(2,3)17-12(16)15-8-10(14)9-6-4-5-7-11(9)15;/h4-7,10H,8,14H2,1-3H3;1H. The number of nitrogens with zero attached hydrogens (tertiary/aromatic N) is 1. The van der Waals surface area contributed by atoms with E-state index in [1.54, 1.807) is 4.90 Å². The third kappa shape index (κ3) is 2.94. The molecule has 0 saturated carbocycles. The molecule has 0 fully saturated rings. The summed E-state index contributed by atoms with van der Waals surface area (Å²) < 4.78 is 5.36. The molecular weight excluding hydrogens is 252 g/mol. The van der Waals surface area contributed by atoms with E-state index < -0.39 is 5.60 Å². The Bertz CT molecular complexity index is 443. The molecule has 1 atom stereocenters. The Hall–Kier alpha value is -1.26. The maximum absolute atomic E-state index is 12.0. The average Bonchev–Trinajstić information content (AvgIpc) is 2.55. The van der Waals surface area contributed by atoms with Gasteiger partial charge in [-0.05, 0) is 32.4 Å². The fraction of sp³-hybridized carbons (Fsp3) is 0.462. The molecule has 1 aromatic rings. The van der Waals surface area contributed by atoms with Crippen LogP contribution in [0, 0.1) is 0 Å². The largest absolute Gasteiger partial charge is 0.443 e. The van der Waals surface area contributed by atoms with Gasteiger partial charge in [-0.1, -0.05) is 18.2 Å². The number of benzene rings is 1. The van der Waals surface area contributed by atoms with Gasteiger partial charge >= 0.3 is 6.09 Å². The van der Waals surface area contributed by atoms with Gasteiger partial charge in [-0.15, -0.1) is 12.4 Å². The second-order valence-corrected chi connectivity index (χ2v) is 5.26. The summed E-state index contributed by atoms with van der Waals surface area (Å²) in [7, 11) is 0. The molecule has 0 spiro atoms. The van der Waals surface area contributed by atoms with Crippen LogP contribution >= 0.6 is 12.4 Å². The summed E-state index contributed by atoms with van der Waals surface area (Å²) in [5, 5.41) is 0. The first-order valence-electron chi connectivity index (χ1n) is 5.73. The zero-order valence-corrected chi connectivity index (χ0v) is 11.7. The number of ether oxygens (including phenoxy) is 1. The number of anilines is 1. The van der Waals surface area contributed by atoms with Crippen LogP contribution in [-0.4, -0.2) is 18.2 Å². The van der Waals surface area contributed by atoms with Crippen LogP contribution in [0.1, 0.15) is 32.4 Å². The van der Waals surface area contributed by atoms with Crippen molar-refractivity contribution >= 4 is 24.2 Å². The zero-order valence-electron chi connectivity index (χ0n) is 10.8. The van der Waals surface area contributed by atoms with Crippen LogP contribution in [-0.2, 0) is 4.74 Å². The Morgan fingerprint density at radius 1 is 1.39 bits per heavy atom. The fourth-order valence-corrected chi connectivity index (χ4v) is 1.93. The Balaban J connectivity index is 0.00000162. The summed E-state index contributed by atoms with van der Waals surface area (Å²) >= 11 is 0. The van der Waals surface area contributed by atoms with Crippen molar-refractivity contribution in [1.82, 2.24) is 0 Å². The molecule has 0 saturated heterocycles. The maximum atomic E-state index is 12.0. The Morgan fingerprint density at radius 3 is 2.61 bits per heavy atom. The molecule has 2 N–H and O–H groups in total. The lowest BCUT2D eigenvalue weighted by atomic mass is 10.1. The van der Waals surface area contributed by atoms with Gasteiger partial charge < -0.3 is 10.5 Å². The van der Waals surface area contributed by atoms with E-state index in [0.717, 1.165) is 11.3 Å². The first-order chi connectivity index (χ1) is 7.88. The van der Waals surface area contributed by atoms with E-state index in [4.69, 9.17) is 10.5 Å². The minimum atomic E-state index is -0.487. The van der Waals surface area contributed by atoms with E-state index in [-0.39, 0.29) is 24.5 Å². The Labute approximate surface area is 114 Å². The number of para-hydroxylation sites is 1. The van der Waals surface area contributed by atoms with Gasteiger partial charge in [-0.3, -0.25) is 4.90 Å². The third-order valence-electron chi connectivity index (χ3n) is 2.62. The van der Waals surface area contributed by atoms with Crippen molar-refractivity contribution < 1.29 is 9.53 Å². The average molecular weight is 271 g/mol. The molecule has 4 nitrogen and oxygen atoms in total. The van der Waals surface area contributed by atoms with Crippen molar-refractivity contribution in [3.8, 4) is 0 Å². The summed E-state index contributed by atoms with van der Waals surface area (Å²) in [6, 6.07) is 7.54. The van der Waals surface area contributed by atoms with Crippen molar-refractivity contribution in [2.45, 2.75) is 32.4 Å². The lowest BCUT2D eigenvalue weighted by Gasteiger charge is -2.24. The highest BCUT2D eigenvalue weighted by Gasteiger charge is 2.32. The molecule has 0 aliphatic carbocycles. The molecule has 1 aromatic carbocycles. The zero-order chi connectivity index (χ0) is 12.6. The number of carbonyl (C=O) groups is 1. The van der Waals surface area contributed by atoms with Crippen LogP contribution < -0.4 is 10.6 Å². The highest BCUT2D eigenvalue weighted by Crippen LogP contribution is 2.33. The number of amides is 1. The molecule has 5 heteroatoms. The normalized spacial score (nSPS) is 18.0. The highest BCUT2D eigenvalue weighted by atomic mass is 35.5. The first-order valence-corrected chi connectivity index (χ1v) is 5.73. The summed E-state index contributed by atoms with van der Waals surface area (Å²) in [6.07, 6.45) is -0.335. The quantitative estimate of drug-likeness (QED) is 0.789. The van der Waals surface area contributed by atoms with Gasteiger partial charge in [-0.25, -0.2) is 4.79 Å². The van der Waals surface area contributed by atoms with Gasteiger partial charge in [0.2, 0.25) is 0 Å². The fourth-order valence-electron chi connectivity index (χ4n) is 1.93. The molecule has 1 amide bonds. The number of hydrogen-bond donors (Lipinski definition) is 1. The summed E-state index contributed by atoms with van der Waals surface area (Å²) in [4.78, 5) is 13.6. The van der Waals surface area contributed by atoms with Crippen LogP contribution in [0.5, 0.6) is 0 Å². The smallest absolute Gasteiger partial charge is 0.414 e. The van der Waals surface area contributed by atoms with Gasteiger partial charge in [0.25, 0.3) is 0 Å². The number of rotatable bonds is 0. The van der Waals surface area contributed by atoms with E-state index >= 15 is 0 Å². The van der Waals surface area contributed by atoms with E-state index in [0.29, 0.717) is 6.54 Å². The second-order valence-electron chi connectivity index (χ2n) is 5.26. The third-order valence-corrected chi connectivity index (χ3v) is 2.62. The Kier molecular flexibility index (Phi) is 4.24. The van der Waals surface area contributed by atoms with Gasteiger partial charge in [0.05, 0.1) is 11.7 Å². The topological polar surface area (TPSA) is 55.6 Å². The van der Waals surface area contributed by atoms with E-state index in [2.05, 4.69) is 0 Å². The molecule has 1 aliphatic heterocycles. The molecule has 0 aromatic heterocycles. The van der Waals surface area contributed by atoms with Gasteiger partial charge in [0.1, 0.15) is 5.60 Å². The second kappa shape index (κ2) is 5.16. The first kappa shape index (κ1) is 14.8. The predicted octanol–water partition coefficient (Wildman–Crippen LogP) is 2.86. The van der Waals surface area contributed by atoms with Crippen LogP contribution in [0.4, 0.5) is 10.5 Å². The number of nitrogens with two attached hydrogens (primary N) is 1. The molecule has 2 rings (SSSR count). The monoisotopic (exact) mass is 270 g/mol. The SMILES string of the molecule is CC(C)(C)OC(=O)N1CC(N)c2ccccc21.Cl. The molecule has 100 valence electrons. The van der Waals surface area contributed by atoms with Gasteiger partial charge in [-0.2, -0.15) is 0 Å². The van der Waals surface area contributed by atoms with Gasteiger partial charge in [0.15, 0.2) is 0 Å². The van der Waals surface area contributed by atoms with Crippen molar-refractivity contribution in [3.05, 3.63) is 29.8 Å². The predicted molar refractivity (Wildman–Crippen MR) is 74.2 cm³/mol. The van der Waals surface area contributed by atoms with Gasteiger partial charge in [0, 0.05) is 6.54 Å². The summed E-state index contributed by atoms with van der Waals surface area (Å²) in [5.74, 6) is 0. The number of fused-ring (bicyclic) bond motifs is 1.